The van der Waals surface area contributed by atoms with E-state index in [2.05, 4.69) is 60.5 Å². The average molecular weight is 330 g/mol. The van der Waals surface area contributed by atoms with E-state index in [1.54, 1.807) is 0 Å². The van der Waals surface area contributed by atoms with E-state index in [1.165, 1.54) is 11.1 Å². The molecule has 25 heavy (non-hydrogen) atoms. The minimum atomic E-state index is 0.240. The van der Waals surface area contributed by atoms with Gasteiger partial charge in [0.2, 0.25) is 0 Å². The van der Waals surface area contributed by atoms with E-state index >= 15 is 0 Å². The van der Waals surface area contributed by atoms with Crippen LogP contribution >= 0.6 is 0 Å². The van der Waals surface area contributed by atoms with Gasteiger partial charge in [-0.1, -0.05) is 48.5 Å². The molecule has 0 bridgehead atoms. The van der Waals surface area contributed by atoms with Gasteiger partial charge in [-0.2, -0.15) is 0 Å². The molecule has 0 aromatic heterocycles. The molecule has 0 saturated carbocycles. The summed E-state index contributed by atoms with van der Waals surface area (Å²) < 4.78 is 5.95. The first-order valence-corrected chi connectivity index (χ1v) is 8.81. The fourth-order valence-electron chi connectivity index (χ4n) is 3.17. The summed E-state index contributed by atoms with van der Waals surface area (Å²) in [6, 6.07) is 18.8. The number of amidine groups is 1. The van der Waals surface area contributed by atoms with E-state index in [0.29, 0.717) is 6.61 Å². The topological polar surface area (TPSA) is 24.8 Å². The lowest BCUT2D eigenvalue weighted by Gasteiger charge is -2.32. The quantitative estimate of drug-likeness (QED) is 0.801. The van der Waals surface area contributed by atoms with Gasteiger partial charge in [0.1, 0.15) is 23.9 Å². The summed E-state index contributed by atoms with van der Waals surface area (Å²) in [6.07, 6.45) is 8.61. The molecule has 0 fully saturated rings. The molecule has 0 radical (unpaired) electrons. The number of hydrogen-bond acceptors (Lipinski definition) is 3. The fraction of sp³-hybridized carbons (Fsp3) is 0.227. The highest BCUT2D eigenvalue weighted by Gasteiger charge is 2.22. The molecule has 0 amide bonds. The van der Waals surface area contributed by atoms with Gasteiger partial charge in [0.25, 0.3) is 0 Å². The number of para-hydroxylation sites is 2. The third-order valence-electron chi connectivity index (χ3n) is 4.62. The number of ether oxygens (including phenoxy) is 1. The molecule has 2 aromatic rings. The Morgan fingerprint density at radius 3 is 2.68 bits per heavy atom. The maximum Gasteiger partial charge on any atom is 0.145 e. The van der Waals surface area contributed by atoms with Crippen molar-refractivity contribution in [3.05, 3.63) is 84.1 Å². The third-order valence-corrected chi connectivity index (χ3v) is 4.62. The molecular formula is C22H22N2O. The Balaban J connectivity index is 1.56. The van der Waals surface area contributed by atoms with Crippen LogP contribution in [0.4, 0.5) is 5.69 Å². The molecular weight excluding hydrogens is 308 g/mol. The number of aliphatic imine (C=N–C) groups is 1. The van der Waals surface area contributed by atoms with Crippen LogP contribution in [0.15, 0.2) is 83.5 Å². The van der Waals surface area contributed by atoms with Crippen LogP contribution in [0.25, 0.3) is 0 Å². The zero-order valence-electron chi connectivity index (χ0n) is 14.4. The van der Waals surface area contributed by atoms with E-state index in [4.69, 9.17) is 9.73 Å². The zero-order valence-corrected chi connectivity index (χ0v) is 14.4. The van der Waals surface area contributed by atoms with Gasteiger partial charge >= 0.3 is 0 Å². The third kappa shape index (κ3) is 3.50. The van der Waals surface area contributed by atoms with Crippen LogP contribution in [0.1, 0.15) is 18.9 Å². The van der Waals surface area contributed by atoms with Gasteiger partial charge in [0.05, 0.1) is 6.04 Å². The summed E-state index contributed by atoms with van der Waals surface area (Å²) >= 11 is 0. The number of fused-ring (bicyclic) bond motifs is 2. The van der Waals surface area contributed by atoms with Gasteiger partial charge in [0, 0.05) is 6.20 Å². The molecule has 2 aliphatic rings. The molecule has 126 valence electrons. The summed E-state index contributed by atoms with van der Waals surface area (Å²) in [6.45, 7) is 2.82. The second-order valence-electron chi connectivity index (χ2n) is 6.53. The molecule has 2 heterocycles. The molecule has 0 spiro atoms. The first-order valence-electron chi connectivity index (χ1n) is 8.81. The number of benzene rings is 2. The normalized spacial score (nSPS) is 21.0. The second-order valence-corrected chi connectivity index (χ2v) is 6.53. The predicted molar refractivity (Wildman–Crippen MR) is 102 cm³/mol. The van der Waals surface area contributed by atoms with E-state index in [0.717, 1.165) is 30.1 Å². The van der Waals surface area contributed by atoms with Gasteiger partial charge in [-0.25, -0.2) is 4.99 Å². The SMILES string of the molecule is CC1COc2ccccc2/N=C2/C=CC(CCc3ccccc3)=CN21. The molecule has 3 heteroatoms. The maximum absolute atomic E-state index is 5.95. The van der Waals surface area contributed by atoms with Crippen molar-refractivity contribution >= 4 is 11.5 Å². The van der Waals surface area contributed by atoms with Gasteiger partial charge in [0.15, 0.2) is 0 Å². The molecule has 2 aromatic carbocycles. The van der Waals surface area contributed by atoms with E-state index in [1.807, 2.05) is 24.3 Å². The van der Waals surface area contributed by atoms with Crippen molar-refractivity contribution < 1.29 is 4.74 Å². The molecule has 0 N–H and O–H groups in total. The average Bonchev–Trinajstić information content (AvgIpc) is 2.66. The first-order chi connectivity index (χ1) is 12.3. The second kappa shape index (κ2) is 6.98. The number of nitrogens with zero attached hydrogens (tertiary/aromatic N) is 2. The van der Waals surface area contributed by atoms with E-state index in [-0.39, 0.29) is 6.04 Å². The smallest absolute Gasteiger partial charge is 0.145 e. The van der Waals surface area contributed by atoms with Crippen LogP contribution in [-0.2, 0) is 6.42 Å². The molecule has 0 saturated heterocycles. The molecule has 1 unspecified atom stereocenters. The molecule has 2 aliphatic heterocycles. The van der Waals surface area contributed by atoms with Crippen LogP contribution in [0.2, 0.25) is 0 Å². The lowest BCUT2D eigenvalue weighted by Crippen LogP contribution is -2.39. The van der Waals surface area contributed by atoms with E-state index in [9.17, 15) is 0 Å². The standard InChI is InChI=1S/C22H22N2O/c1-17-16-25-21-10-6-5-9-20(21)23-22-14-13-19(15-24(17)22)12-11-18-7-3-2-4-8-18/h2-10,13-15,17H,11-12,16H2,1H3/b23-22-. The number of hydrogen-bond donors (Lipinski definition) is 0. The zero-order chi connectivity index (χ0) is 17.1. The largest absolute Gasteiger partial charge is 0.489 e. The molecule has 1 atom stereocenters. The summed E-state index contributed by atoms with van der Waals surface area (Å²) in [5.74, 6) is 1.83. The maximum atomic E-state index is 5.95. The minimum Gasteiger partial charge on any atom is -0.489 e. The van der Waals surface area contributed by atoms with Gasteiger partial charge < -0.3 is 9.64 Å². The molecule has 0 aliphatic carbocycles. The van der Waals surface area contributed by atoms with Crippen molar-refractivity contribution in [3.63, 3.8) is 0 Å². The minimum absolute atomic E-state index is 0.240. The van der Waals surface area contributed by atoms with Crippen LogP contribution in [-0.4, -0.2) is 23.4 Å². The lowest BCUT2D eigenvalue weighted by atomic mass is 10.0. The van der Waals surface area contributed by atoms with Crippen LogP contribution in [0, 0.1) is 0 Å². The molecule has 4 rings (SSSR count). The summed E-state index contributed by atoms with van der Waals surface area (Å²) in [5.41, 5.74) is 3.58. The van der Waals surface area contributed by atoms with Crippen molar-refractivity contribution in [1.29, 1.82) is 0 Å². The molecule has 3 nitrogen and oxygen atoms in total. The van der Waals surface area contributed by atoms with Gasteiger partial charge in [-0.15, -0.1) is 0 Å². The van der Waals surface area contributed by atoms with Gasteiger partial charge in [-0.3, -0.25) is 0 Å². The van der Waals surface area contributed by atoms with Crippen LogP contribution in [0.5, 0.6) is 5.75 Å². The van der Waals surface area contributed by atoms with Crippen molar-refractivity contribution in [3.8, 4) is 5.75 Å². The Kier molecular flexibility index (Phi) is 4.38. The van der Waals surface area contributed by atoms with Crippen molar-refractivity contribution in [2.45, 2.75) is 25.8 Å². The van der Waals surface area contributed by atoms with Crippen LogP contribution < -0.4 is 4.74 Å². The highest BCUT2D eigenvalue weighted by atomic mass is 16.5. The summed E-state index contributed by atoms with van der Waals surface area (Å²) in [5, 5.41) is 0. The summed E-state index contributed by atoms with van der Waals surface area (Å²) in [4.78, 5) is 7.04. The monoisotopic (exact) mass is 330 g/mol. The summed E-state index contributed by atoms with van der Waals surface area (Å²) in [7, 11) is 0. The van der Waals surface area contributed by atoms with Crippen LogP contribution in [0.3, 0.4) is 0 Å². The van der Waals surface area contributed by atoms with Crippen molar-refractivity contribution in [2.24, 2.45) is 4.99 Å². The first kappa shape index (κ1) is 15.7. The number of aryl methyl sites for hydroxylation is 1. The van der Waals surface area contributed by atoms with E-state index < -0.39 is 0 Å². The lowest BCUT2D eigenvalue weighted by molar-refractivity contribution is 0.236. The number of allylic oxidation sites excluding steroid dienone is 2. The van der Waals surface area contributed by atoms with Crippen molar-refractivity contribution in [1.82, 2.24) is 4.90 Å². The number of rotatable bonds is 3. The van der Waals surface area contributed by atoms with Crippen molar-refractivity contribution in [2.75, 3.05) is 6.61 Å². The Labute approximate surface area is 149 Å². The highest BCUT2D eigenvalue weighted by Crippen LogP contribution is 2.31. The Morgan fingerprint density at radius 1 is 1.00 bits per heavy atom. The predicted octanol–water partition coefficient (Wildman–Crippen LogP) is 4.89. The Morgan fingerprint density at radius 2 is 1.80 bits per heavy atom. The van der Waals surface area contributed by atoms with Gasteiger partial charge in [-0.05, 0) is 49.1 Å². The fourth-order valence-corrected chi connectivity index (χ4v) is 3.17. The highest BCUT2D eigenvalue weighted by molar-refractivity contribution is 5.97. The Hall–Kier alpha value is -2.81. The Bertz CT molecular complexity index is 836.